The smallest absolute Gasteiger partial charge is 0.0714 e. The van der Waals surface area contributed by atoms with E-state index in [9.17, 15) is 0 Å². The lowest BCUT2D eigenvalue weighted by Gasteiger charge is -2.35. The second-order valence-electron chi connectivity index (χ2n) is 14.1. The van der Waals surface area contributed by atoms with Crippen LogP contribution in [0.5, 0.6) is 0 Å². The largest absolute Gasteiger partial charge is 0.345 e. The minimum Gasteiger partial charge on any atom is -0.345 e. The first-order valence-electron chi connectivity index (χ1n) is 18.2. The van der Waals surface area contributed by atoms with Crippen molar-refractivity contribution in [2.75, 3.05) is 11.9 Å². The topological polar surface area (TPSA) is 3.24 Å². The highest BCUT2D eigenvalue weighted by Gasteiger charge is 2.47. The van der Waals surface area contributed by atoms with Crippen LogP contribution in [-0.2, 0) is 10.8 Å². The first kappa shape index (κ1) is 30.4. The van der Waals surface area contributed by atoms with Gasteiger partial charge in [-0.25, -0.2) is 0 Å². The van der Waals surface area contributed by atoms with Gasteiger partial charge in [0.2, 0.25) is 0 Å². The van der Waals surface area contributed by atoms with Crippen molar-refractivity contribution in [1.82, 2.24) is 0 Å². The second-order valence-corrected chi connectivity index (χ2v) is 14.1. The van der Waals surface area contributed by atoms with Crippen molar-refractivity contribution in [2.45, 2.75) is 10.8 Å². The summed E-state index contributed by atoms with van der Waals surface area (Å²) in [7, 11) is 2.22. The number of hydrogen-bond donors (Lipinski definition) is 0. The first-order chi connectivity index (χ1) is 25.7. The highest BCUT2D eigenvalue weighted by molar-refractivity contribution is 5.90. The Hall–Kier alpha value is -6.44. The predicted octanol–water partition coefficient (Wildman–Crippen LogP) is 12.2. The van der Waals surface area contributed by atoms with Gasteiger partial charge in [-0.15, -0.1) is 0 Å². The van der Waals surface area contributed by atoms with Gasteiger partial charge in [-0.2, -0.15) is 0 Å². The number of rotatable bonds is 6. The molecule has 8 aromatic rings. The molecule has 10 rings (SSSR count). The quantitative estimate of drug-likeness (QED) is 0.171. The fourth-order valence-electron chi connectivity index (χ4n) is 9.43. The molecule has 0 aromatic heterocycles. The minimum atomic E-state index is -0.444. The lowest BCUT2D eigenvalue weighted by atomic mass is 9.67. The van der Waals surface area contributed by atoms with Gasteiger partial charge >= 0.3 is 0 Å². The van der Waals surface area contributed by atoms with Gasteiger partial charge in [0.25, 0.3) is 0 Å². The summed E-state index contributed by atoms with van der Waals surface area (Å²) >= 11 is 0. The van der Waals surface area contributed by atoms with Crippen molar-refractivity contribution in [3.8, 4) is 22.3 Å². The molecule has 2 aliphatic carbocycles. The number of fused-ring (bicyclic) bond motifs is 6. The molecule has 0 fully saturated rings. The van der Waals surface area contributed by atoms with Crippen LogP contribution in [0.4, 0.5) is 11.4 Å². The van der Waals surface area contributed by atoms with Crippen molar-refractivity contribution in [1.29, 1.82) is 0 Å². The van der Waals surface area contributed by atoms with Gasteiger partial charge in [-0.1, -0.05) is 182 Å². The van der Waals surface area contributed by atoms with E-state index in [-0.39, 0.29) is 0 Å². The van der Waals surface area contributed by atoms with Gasteiger partial charge in [0.15, 0.2) is 0 Å². The first-order valence-corrected chi connectivity index (χ1v) is 18.2. The van der Waals surface area contributed by atoms with Crippen molar-refractivity contribution >= 4 is 11.4 Å². The summed E-state index contributed by atoms with van der Waals surface area (Å²) in [6.07, 6.45) is 0. The number of anilines is 2. The van der Waals surface area contributed by atoms with Crippen molar-refractivity contribution < 1.29 is 0 Å². The van der Waals surface area contributed by atoms with E-state index in [2.05, 4.69) is 218 Å². The molecular weight excluding hydrogens is 627 g/mol. The van der Waals surface area contributed by atoms with Gasteiger partial charge in [0.1, 0.15) is 0 Å². The minimum absolute atomic E-state index is 0.444. The average Bonchev–Trinajstić information content (AvgIpc) is 3.70. The molecule has 0 bridgehead atoms. The van der Waals surface area contributed by atoms with Crippen LogP contribution in [-0.4, -0.2) is 7.05 Å². The fourth-order valence-corrected chi connectivity index (χ4v) is 9.43. The summed E-state index contributed by atoms with van der Waals surface area (Å²) in [5.41, 5.74) is 17.0. The van der Waals surface area contributed by atoms with E-state index < -0.39 is 10.8 Å². The van der Waals surface area contributed by atoms with Gasteiger partial charge in [-0.3, -0.25) is 0 Å². The third-order valence-corrected chi connectivity index (χ3v) is 11.7. The molecule has 0 N–H and O–H groups in total. The number of benzene rings is 8. The van der Waals surface area contributed by atoms with E-state index in [0.29, 0.717) is 0 Å². The molecule has 0 atom stereocenters. The van der Waals surface area contributed by atoms with Gasteiger partial charge < -0.3 is 4.90 Å². The Morgan fingerprint density at radius 2 is 0.577 bits per heavy atom. The van der Waals surface area contributed by atoms with Crippen molar-refractivity contribution in [3.05, 3.63) is 251 Å². The lowest BCUT2D eigenvalue weighted by Crippen LogP contribution is -2.29. The van der Waals surface area contributed by atoms with Gasteiger partial charge in [0.05, 0.1) is 10.8 Å². The van der Waals surface area contributed by atoms with E-state index in [1.165, 1.54) is 66.8 Å². The van der Waals surface area contributed by atoms with Crippen LogP contribution in [0.15, 0.2) is 206 Å². The number of nitrogens with zero attached hydrogens (tertiary/aromatic N) is 1. The molecule has 0 spiro atoms. The molecule has 52 heavy (non-hydrogen) atoms. The zero-order chi connectivity index (χ0) is 34.7. The van der Waals surface area contributed by atoms with Crippen molar-refractivity contribution in [2.24, 2.45) is 0 Å². The maximum absolute atomic E-state index is 2.44. The van der Waals surface area contributed by atoms with E-state index >= 15 is 0 Å². The van der Waals surface area contributed by atoms with E-state index in [1.807, 2.05) is 0 Å². The highest BCUT2D eigenvalue weighted by atomic mass is 15.1. The van der Waals surface area contributed by atoms with Crippen LogP contribution < -0.4 is 4.90 Å². The summed E-state index contributed by atoms with van der Waals surface area (Å²) in [5, 5.41) is 0. The molecule has 0 aliphatic heterocycles. The lowest BCUT2D eigenvalue weighted by molar-refractivity contribution is 0.767. The maximum Gasteiger partial charge on any atom is 0.0714 e. The molecule has 246 valence electrons. The Morgan fingerprint density at radius 1 is 0.288 bits per heavy atom. The monoisotopic (exact) mass is 663 g/mol. The second kappa shape index (κ2) is 11.8. The molecule has 0 heterocycles. The Bertz CT molecular complexity index is 2310. The van der Waals surface area contributed by atoms with Gasteiger partial charge in [0, 0.05) is 18.4 Å². The zero-order valence-corrected chi connectivity index (χ0v) is 29.1. The fraction of sp³-hybridized carbons (Fsp3) is 0.0588. The molecule has 8 aromatic carbocycles. The Balaban J connectivity index is 1.18. The standard InChI is InChI=1S/C51H37N/c1-52(40-30-32-44-42-26-14-16-28-46(42)50(48(44)34-40,36-18-6-2-7-19-36)37-20-8-3-9-21-37)41-31-33-45-43-27-15-17-29-47(43)51(49(45)35-41,38-22-10-4-11-23-38)39-24-12-5-13-25-39/h2-35H,1H3. The third-order valence-electron chi connectivity index (χ3n) is 11.7. The summed E-state index contributed by atoms with van der Waals surface area (Å²) in [4.78, 5) is 2.37. The predicted molar refractivity (Wildman–Crippen MR) is 216 cm³/mol. The van der Waals surface area contributed by atoms with Crippen LogP contribution in [0.1, 0.15) is 44.5 Å². The molecule has 1 heteroatoms. The molecule has 0 saturated heterocycles. The van der Waals surface area contributed by atoms with Crippen LogP contribution >= 0.6 is 0 Å². The molecule has 0 saturated carbocycles. The SMILES string of the molecule is CN(c1ccc2c(c1)C(c1ccccc1)(c1ccccc1)c1ccccc1-2)c1ccc2c(c1)C(c1ccccc1)(c1ccccc1)c1ccccc1-2. The summed E-state index contributed by atoms with van der Waals surface area (Å²) in [6.45, 7) is 0. The highest BCUT2D eigenvalue weighted by Crippen LogP contribution is 2.58. The molecule has 0 radical (unpaired) electrons. The molecule has 0 amide bonds. The average molecular weight is 664 g/mol. The Morgan fingerprint density at radius 3 is 0.923 bits per heavy atom. The Labute approximate surface area is 306 Å². The van der Waals surface area contributed by atoms with E-state index in [4.69, 9.17) is 0 Å². The van der Waals surface area contributed by atoms with Crippen molar-refractivity contribution in [3.63, 3.8) is 0 Å². The molecule has 1 nitrogen and oxygen atoms in total. The van der Waals surface area contributed by atoms with Crippen LogP contribution in [0.3, 0.4) is 0 Å². The van der Waals surface area contributed by atoms with Crippen LogP contribution in [0, 0.1) is 0 Å². The van der Waals surface area contributed by atoms with Crippen LogP contribution in [0.25, 0.3) is 22.3 Å². The van der Waals surface area contributed by atoms with Gasteiger partial charge in [-0.05, 0) is 91.0 Å². The molecule has 0 unspecified atom stereocenters. The zero-order valence-electron chi connectivity index (χ0n) is 29.1. The van der Waals surface area contributed by atoms with E-state index in [0.717, 1.165) is 11.4 Å². The molecule has 2 aliphatic rings. The maximum atomic E-state index is 2.44. The van der Waals surface area contributed by atoms with E-state index in [1.54, 1.807) is 0 Å². The van der Waals surface area contributed by atoms with Crippen LogP contribution in [0.2, 0.25) is 0 Å². The normalized spacial score (nSPS) is 14.2. The summed E-state index contributed by atoms with van der Waals surface area (Å²) in [6, 6.07) is 76.3. The molecular formula is C51H37N. The summed E-state index contributed by atoms with van der Waals surface area (Å²) in [5.74, 6) is 0. The third kappa shape index (κ3) is 4.17. The number of hydrogen-bond acceptors (Lipinski definition) is 1. The Kier molecular flexibility index (Phi) is 6.91. The summed E-state index contributed by atoms with van der Waals surface area (Å²) < 4.78 is 0.